The zero-order chi connectivity index (χ0) is 12.5. The average Bonchev–Trinajstić information content (AvgIpc) is 2.32. The molecule has 90 valence electrons. The first-order valence-corrected chi connectivity index (χ1v) is 6.04. The number of piperidine rings is 1. The van der Waals surface area contributed by atoms with Gasteiger partial charge in [-0.3, -0.25) is 4.79 Å². The molecular formula is C15H19NO. The van der Waals surface area contributed by atoms with Crippen molar-refractivity contribution in [2.75, 3.05) is 0 Å². The van der Waals surface area contributed by atoms with Gasteiger partial charge < -0.3 is 4.90 Å². The normalized spacial score (nSPS) is 19.5. The monoisotopic (exact) mass is 229 g/mol. The quantitative estimate of drug-likeness (QED) is 0.761. The Morgan fingerprint density at radius 2 is 1.94 bits per heavy atom. The molecule has 0 bridgehead atoms. The molecule has 2 rings (SSSR count). The minimum Gasteiger partial charge on any atom is -0.312 e. The van der Waals surface area contributed by atoms with Crippen LogP contribution in [0.4, 0.5) is 0 Å². The standard InChI is InChI=1S/C15H19NO/c1-12-9-10-15(2,3)14(17)16(12)11-13-7-5-4-6-8-13/h4-8H,1,9-11H2,2-3H3. The van der Waals surface area contributed by atoms with E-state index in [0.29, 0.717) is 6.54 Å². The summed E-state index contributed by atoms with van der Waals surface area (Å²) in [6.07, 6.45) is 1.81. The Morgan fingerprint density at radius 1 is 1.29 bits per heavy atom. The number of carbonyl (C=O) groups is 1. The highest BCUT2D eigenvalue weighted by molar-refractivity contribution is 5.84. The van der Waals surface area contributed by atoms with Crippen molar-refractivity contribution < 1.29 is 4.79 Å². The Kier molecular flexibility index (Phi) is 3.05. The van der Waals surface area contributed by atoms with E-state index in [1.807, 2.05) is 49.1 Å². The second-order valence-electron chi connectivity index (χ2n) is 5.33. The number of carbonyl (C=O) groups excluding carboxylic acids is 1. The summed E-state index contributed by atoms with van der Waals surface area (Å²) in [5.74, 6) is 0.192. The van der Waals surface area contributed by atoms with E-state index in [4.69, 9.17) is 0 Å². The highest BCUT2D eigenvalue weighted by Crippen LogP contribution is 2.35. The Morgan fingerprint density at radius 3 is 2.59 bits per heavy atom. The molecule has 1 heterocycles. The number of hydrogen-bond acceptors (Lipinski definition) is 1. The van der Waals surface area contributed by atoms with E-state index in [2.05, 4.69) is 6.58 Å². The fourth-order valence-electron chi connectivity index (χ4n) is 2.16. The minimum atomic E-state index is -0.254. The van der Waals surface area contributed by atoms with Crippen LogP contribution in [-0.4, -0.2) is 10.8 Å². The topological polar surface area (TPSA) is 20.3 Å². The van der Waals surface area contributed by atoms with E-state index in [1.54, 1.807) is 0 Å². The fraction of sp³-hybridized carbons (Fsp3) is 0.400. The molecule has 1 saturated heterocycles. The van der Waals surface area contributed by atoms with E-state index in [-0.39, 0.29) is 11.3 Å². The third kappa shape index (κ3) is 2.41. The summed E-state index contributed by atoms with van der Waals surface area (Å²) >= 11 is 0. The van der Waals surface area contributed by atoms with Gasteiger partial charge in [-0.15, -0.1) is 0 Å². The van der Waals surface area contributed by atoms with Gasteiger partial charge in [0.2, 0.25) is 5.91 Å². The maximum absolute atomic E-state index is 12.3. The molecule has 1 fully saturated rings. The molecule has 2 heteroatoms. The van der Waals surface area contributed by atoms with E-state index in [9.17, 15) is 4.79 Å². The second kappa shape index (κ2) is 4.36. The number of rotatable bonds is 2. The molecule has 1 aliphatic rings. The van der Waals surface area contributed by atoms with Crippen molar-refractivity contribution in [3.63, 3.8) is 0 Å². The van der Waals surface area contributed by atoms with Crippen LogP contribution in [0.1, 0.15) is 32.3 Å². The van der Waals surface area contributed by atoms with Gasteiger partial charge in [0.1, 0.15) is 0 Å². The molecule has 0 N–H and O–H groups in total. The summed E-state index contributed by atoms with van der Waals surface area (Å²) in [6, 6.07) is 10.1. The van der Waals surface area contributed by atoms with Crippen molar-refractivity contribution in [3.8, 4) is 0 Å². The van der Waals surface area contributed by atoms with E-state index in [0.717, 1.165) is 24.1 Å². The van der Waals surface area contributed by atoms with Crippen molar-refractivity contribution in [3.05, 3.63) is 48.2 Å². The molecule has 0 radical (unpaired) electrons. The number of amides is 1. The van der Waals surface area contributed by atoms with E-state index >= 15 is 0 Å². The van der Waals surface area contributed by atoms with Crippen LogP contribution in [0.3, 0.4) is 0 Å². The molecule has 1 aliphatic heterocycles. The molecular weight excluding hydrogens is 210 g/mol. The van der Waals surface area contributed by atoms with Crippen LogP contribution in [-0.2, 0) is 11.3 Å². The van der Waals surface area contributed by atoms with Crippen molar-refractivity contribution in [1.82, 2.24) is 4.90 Å². The first-order chi connectivity index (χ1) is 8.00. The van der Waals surface area contributed by atoms with Crippen LogP contribution in [0.5, 0.6) is 0 Å². The summed E-state index contributed by atoms with van der Waals surface area (Å²) in [4.78, 5) is 14.2. The Hall–Kier alpha value is -1.57. The molecule has 1 amide bonds. The maximum Gasteiger partial charge on any atom is 0.232 e. The summed E-state index contributed by atoms with van der Waals surface area (Å²) in [7, 11) is 0. The summed E-state index contributed by atoms with van der Waals surface area (Å²) in [6.45, 7) is 8.68. The zero-order valence-corrected chi connectivity index (χ0v) is 10.6. The number of hydrogen-bond donors (Lipinski definition) is 0. The number of likely N-dealkylation sites (tertiary alicyclic amines) is 1. The van der Waals surface area contributed by atoms with Crippen molar-refractivity contribution in [2.45, 2.75) is 33.2 Å². The van der Waals surface area contributed by atoms with Crippen LogP contribution >= 0.6 is 0 Å². The average molecular weight is 229 g/mol. The lowest BCUT2D eigenvalue weighted by Gasteiger charge is -2.38. The highest BCUT2D eigenvalue weighted by Gasteiger charge is 2.37. The Labute approximate surface area is 103 Å². The third-order valence-electron chi connectivity index (χ3n) is 3.43. The van der Waals surface area contributed by atoms with Crippen LogP contribution in [0.15, 0.2) is 42.6 Å². The maximum atomic E-state index is 12.3. The van der Waals surface area contributed by atoms with Gasteiger partial charge in [-0.05, 0) is 18.4 Å². The van der Waals surface area contributed by atoms with Gasteiger partial charge in [0.05, 0.1) is 6.54 Å². The predicted octanol–water partition coefficient (Wildman–Crippen LogP) is 3.35. The van der Waals surface area contributed by atoms with Crippen LogP contribution in [0.25, 0.3) is 0 Å². The van der Waals surface area contributed by atoms with Gasteiger partial charge in [-0.25, -0.2) is 0 Å². The van der Waals surface area contributed by atoms with E-state index in [1.165, 1.54) is 0 Å². The van der Waals surface area contributed by atoms with Gasteiger partial charge in [0.25, 0.3) is 0 Å². The van der Waals surface area contributed by atoms with Gasteiger partial charge in [0, 0.05) is 11.1 Å². The van der Waals surface area contributed by atoms with Gasteiger partial charge in [0.15, 0.2) is 0 Å². The first-order valence-electron chi connectivity index (χ1n) is 6.04. The van der Waals surface area contributed by atoms with Gasteiger partial charge >= 0.3 is 0 Å². The lowest BCUT2D eigenvalue weighted by molar-refractivity contribution is -0.141. The molecule has 2 nitrogen and oxygen atoms in total. The fourth-order valence-corrected chi connectivity index (χ4v) is 2.16. The van der Waals surface area contributed by atoms with Gasteiger partial charge in [-0.1, -0.05) is 50.8 Å². The Bertz CT molecular complexity index is 433. The number of allylic oxidation sites excluding steroid dienone is 1. The molecule has 1 aromatic rings. The molecule has 0 saturated carbocycles. The second-order valence-corrected chi connectivity index (χ2v) is 5.33. The summed E-state index contributed by atoms with van der Waals surface area (Å²) < 4.78 is 0. The van der Waals surface area contributed by atoms with Crippen molar-refractivity contribution >= 4 is 5.91 Å². The van der Waals surface area contributed by atoms with Crippen LogP contribution in [0, 0.1) is 5.41 Å². The molecule has 1 aromatic carbocycles. The molecule has 0 spiro atoms. The third-order valence-corrected chi connectivity index (χ3v) is 3.43. The van der Waals surface area contributed by atoms with Crippen LogP contribution in [0.2, 0.25) is 0 Å². The molecule has 0 aliphatic carbocycles. The smallest absolute Gasteiger partial charge is 0.232 e. The van der Waals surface area contributed by atoms with Crippen molar-refractivity contribution in [1.29, 1.82) is 0 Å². The summed E-state index contributed by atoms with van der Waals surface area (Å²) in [5, 5.41) is 0. The molecule has 0 aromatic heterocycles. The van der Waals surface area contributed by atoms with E-state index < -0.39 is 0 Å². The van der Waals surface area contributed by atoms with Crippen molar-refractivity contribution in [2.24, 2.45) is 5.41 Å². The molecule has 17 heavy (non-hydrogen) atoms. The zero-order valence-electron chi connectivity index (χ0n) is 10.6. The largest absolute Gasteiger partial charge is 0.312 e. The molecule has 0 atom stereocenters. The lowest BCUT2D eigenvalue weighted by atomic mass is 9.82. The Balaban J connectivity index is 2.19. The minimum absolute atomic E-state index is 0.192. The SMILES string of the molecule is C=C1CCC(C)(C)C(=O)N1Cc1ccccc1. The first kappa shape index (κ1) is 11.9. The number of nitrogens with zero attached hydrogens (tertiary/aromatic N) is 1. The van der Waals surface area contributed by atoms with Crippen LogP contribution < -0.4 is 0 Å². The highest BCUT2D eigenvalue weighted by atomic mass is 16.2. The summed E-state index contributed by atoms with van der Waals surface area (Å²) in [5.41, 5.74) is 1.84. The van der Waals surface area contributed by atoms with Gasteiger partial charge in [-0.2, -0.15) is 0 Å². The predicted molar refractivity (Wildman–Crippen MR) is 69.1 cm³/mol. The number of benzene rings is 1. The lowest BCUT2D eigenvalue weighted by Crippen LogP contribution is -2.43. The molecule has 0 unspecified atom stereocenters.